The van der Waals surface area contributed by atoms with Crippen molar-refractivity contribution in [2.45, 2.75) is 115 Å². The van der Waals surface area contributed by atoms with E-state index in [1.165, 1.54) is 116 Å². The summed E-state index contributed by atoms with van der Waals surface area (Å²) < 4.78 is 0. The molecule has 4 fully saturated rings. The maximum Gasteiger partial charge on any atom is 0.0336 e. The number of nitrogens with one attached hydrogen (secondary N) is 1. The molecule has 3 saturated carbocycles. The summed E-state index contributed by atoms with van der Waals surface area (Å²) in [7, 11) is 0. The van der Waals surface area contributed by atoms with Crippen molar-refractivity contribution >= 4 is 11.6 Å². The smallest absolute Gasteiger partial charge is 0.0336 e. The van der Waals surface area contributed by atoms with Crippen molar-refractivity contribution in [1.29, 1.82) is 0 Å². The van der Waals surface area contributed by atoms with Crippen LogP contribution in [0.25, 0.3) is 0 Å². The van der Waals surface area contributed by atoms with Gasteiger partial charge in [-0.25, -0.2) is 0 Å². The Labute approximate surface area is 233 Å². The van der Waals surface area contributed by atoms with Gasteiger partial charge in [0.2, 0.25) is 0 Å². The fourth-order valence-corrected chi connectivity index (χ4v) is 8.44. The number of alkyl halides is 1. The van der Waals surface area contributed by atoms with Crippen LogP contribution < -0.4 is 11.1 Å². The molecule has 0 amide bonds. The Balaban J connectivity index is 0.00000228. The van der Waals surface area contributed by atoms with E-state index in [0.717, 1.165) is 42.1 Å². The minimum atomic E-state index is 0. The molecule has 4 unspecified atom stereocenters. The second-order valence-electron chi connectivity index (χ2n) is 13.2. The average molecular weight is 548 g/mol. The minimum Gasteiger partial charge on any atom is -0.412 e. The molecule has 4 rings (SSSR count). The van der Waals surface area contributed by atoms with Crippen LogP contribution in [-0.4, -0.2) is 65.5 Å². The number of hydrogen-bond donors (Lipinski definition) is 2. The molecule has 222 valence electrons. The molecule has 0 aromatic rings. The molecule has 0 radical (unpaired) electrons. The van der Waals surface area contributed by atoms with Gasteiger partial charge in [-0.2, -0.15) is 0 Å². The van der Waals surface area contributed by atoms with Crippen molar-refractivity contribution in [2.75, 3.05) is 32.7 Å². The van der Waals surface area contributed by atoms with Crippen LogP contribution in [0.3, 0.4) is 0 Å². The fourth-order valence-electron chi connectivity index (χ4n) is 8.19. The molecule has 6 nitrogen and oxygen atoms in total. The van der Waals surface area contributed by atoms with Crippen molar-refractivity contribution < 1.29 is 16.4 Å². The lowest BCUT2D eigenvalue weighted by Crippen LogP contribution is -2.48. The Hall–Kier alpha value is 0.0500. The number of halogens is 1. The van der Waals surface area contributed by atoms with E-state index in [1.54, 1.807) is 0 Å². The van der Waals surface area contributed by atoms with E-state index in [9.17, 15) is 0 Å². The first-order valence-electron chi connectivity index (χ1n) is 15.3. The van der Waals surface area contributed by atoms with Crippen LogP contribution in [-0.2, 0) is 0 Å². The quantitative estimate of drug-likeness (QED) is 0.418. The van der Waals surface area contributed by atoms with Crippen LogP contribution in [0.2, 0.25) is 0 Å². The minimum absolute atomic E-state index is 0. The van der Waals surface area contributed by atoms with Crippen LogP contribution in [0.15, 0.2) is 0 Å². The number of rotatable bonds is 9. The topological polar surface area (TPSA) is 136 Å². The summed E-state index contributed by atoms with van der Waals surface area (Å²) in [6.45, 7) is 10.9. The molecule has 0 aromatic heterocycles. The molecular formula is C30H62ClN3O3. The zero-order chi connectivity index (χ0) is 23.9. The van der Waals surface area contributed by atoms with Gasteiger partial charge in [-0.15, -0.1) is 11.6 Å². The molecule has 0 aromatic carbocycles. The molecular weight excluding hydrogens is 486 g/mol. The second kappa shape index (κ2) is 17.7. The summed E-state index contributed by atoms with van der Waals surface area (Å²) in [4.78, 5) is 2.78. The number of hydrogen-bond acceptors (Lipinski definition) is 3. The first kappa shape index (κ1) is 35.1. The van der Waals surface area contributed by atoms with Gasteiger partial charge in [0.1, 0.15) is 0 Å². The zero-order valence-corrected chi connectivity index (χ0v) is 24.8. The summed E-state index contributed by atoms with van der Waals surface area (Å²) in [6.07, 6.45) is 19.6. The Kier molecular flexibility index (Phi) is 16.8. The zero-order valence-electron chi connectivity index (χ0n) is 24.0. The van der Waals surface area contributed by atoms with Crippen LogP contribution in [0.5, 0.6) is 0 Å². The van der Waals surface area contributed by atoms with Crippen LogP contribution >= 0.6 is 11.6 Å². The molecule has 9 N–H and O–H groups in total. The van der Waals surface area contributed by atoms with Gasteiger partial charge in [0.05, 0.1) is 0 Å². The largest absolute Gasteiger partial charge is 0.412 e. The van der Waals surface area contributed by atoms with E-state index < -0.39 is 0 Å². The second-order valence-corrected chi connectivity index (χ2v) is 13.8. The molecule has 4 aliphatic rings. The number of likely N-dealkylation sites (tertiary alicyclic amines) is 1. The first-order chi connectivity index (χ1) is 16.5. The maximum atomic E-state index is 6.36. The highest BCUT2D eigenvalue weighted by atomic mass is 35.5. The van der Waals surface area contributed by atoms with E-state index in [2.05, 4.69) is 24.1 Å². The standard InChI is InChI=1S/C30H56ClN3.3H2O/c1-22(2)30(21-34-15-13-26(14-16-34)25-9-11-29(31)12-10-25)33-20-24-6-4-8-28(18-24)27-7-3-5-23(17-27)19-32;;;/h22-30,33H,3-21,32H2,1-2H3;3*1H2/t23?,24?,25?,27?,28?,29?,30-;;;/m0.../s1. The average Bonchev–Trinajstić information content (AvgIpc) is 2.87. The van der Waals surface area contributed by atoms with Gasteiger partial charge in [0.15, 0.2) is 0 Å². The molecule has 1 saturated heterocycles. The predicted molar refractivity (Wildman–Crippen MR) is 158 cm³/mol. The van der Waals surface area contributed by atoms with E-state index in [-0.39, 0.29) is 16.4 Å². The van der Waals surface area contributed by atoms with Gasteiger partial charge in [-0.05, 0) is 132 Å². The molecule has 0 bridgehead atoms. The summed E-state index contributed by atoms with van der Waals surface area (Å²) in [5.41, 5.74) is 6.04. The summed E-state index contributed by atoms with van der Waals surface area (Å²) in [5.74, 6) is 6.26. The lowest BCUT2D eigenvalue weighted by atomic mass is 9.68. The highest BCUT2D eigenvalue weighted by Crippen LogP contribution is 2.42. The number of nitrogens with zero attached hydrogens (tertiary/aromatic N) is 1. The lowest BCUT2D eigenvalue weighted by Gasteiger charge is -2.41. The van der Waals surface area contributed by atoms with Crippen LogP contribution in [0.4, 0.5) is 0 Å². The van der Waals surface area contributed by atoms with Crippen LogP contribution in [0.1, 0.15) is 104 Å². The molecule has 1 aliphatic heterocycles. The van der Waals surface area contributed by atoms with Crippen molar-refractivity contribution in [3.8, 4) is 0 Å². The van der Waals surface area contributed by atoms with Gasteiger partial charge in [0, 0.05) is 18.0 Å². The Morgan fingerprint density at radius 3 is 1.84 bits per heavy atom. The number of nitrogens with two attached hydrogens (primary N) is 1. The number of piperidine rings is 1. The Morgan fingerprint density at radius 2 is 1.27 bits per heavy atom. The van der Waals surface area contributed by atoms with Crippen molar-refractivity contribution in [3.63, 3.8) is 0 Å². The monoisotopic (exact) mass is 547 g/mol. The van der Waals surface area contributed by atoms with E-state index in [0.29, 0.717) is 17.3 Å². The summed E-state index contributed by atoms with van der Waals surface area (Å²) >= 11 is 6.36. The normalized spacial score (nSPS) is 34.6. The summed E-state index contributed by atoms with van der Waals surface area (Å²) in [6, 6.07) is 0.639. The molecule has 7 heteroatoms. The van der Waals surface area contributed by atoms with Gasteiger partial charge >= 0.3 is 0 Å². The van der Waals surface area contributed by atoms with E-state index in [4.69, 9.17) is 17.3 Å². The third-order valence-corrected chi connectivity index (χ3v) is 11.0. The third kappa shape index (κ3) is 10.5. The van der Waals surface area contributed by atoms with Gasteiger partial charge in [-0.3, -0.25) is 0 Å². The van der Waals surface area contributed by atoms with Gasteiger partial charge in [-0.1, -0.05) is 39.5 Å². The highest BCUT2D eigenvalue weighted by molar-refractivity contribution is 6.20. The van der Waals surface area contributed by atoms with Crippen molar-refractivity contribution in [2.24, 2.45) is 47.2 Å². The fraction of sp³-hybridized carbons (Fsp3) is 1.00. The SMILES string of the molecule is CC(C)[C@H](CN1CCC(C2CCC(Cl)CC2)CC1)NCC1CCCC(C2CCCC(CN)C2)C1.O.O.O. The van der Waals surface area contributed by atoms with Crippen molar-refractivity contribution in [1.82, 2.24) is 10.2 Å². The summed E-state index contributed by atoms with van der Waals surface area (Å²) in [5, 5.41) is 4.54. The first-order valence-corrected chi connectivity index (χ1v) is 15.7. The molecule has 5 atom stereocenters. The Bertz CT molecular complexity index is 582. The lowest BCUT2D eigenvalue weighted by molar-refractivity contribution is 0.108. The molecule has 1 heterocycles. The van der Waals surface area contributed by atoms with Crippen molar-refractivity contribution in [3.05, 3.63) is 0 Å². The van der Waals surface area contributed by atoms with Crippen LogP contribution in [0, 0.1) is 41.4 Å². The van der Waals surface area contributed by atoms with Gasteiger partial charge < -0.3 is 32.4 Å². The maximum absolute atomic E-state index is 6.36. The molecule has 0 spiro atoms. The van der Waals surface area contributed by atoms with E-state index >= 15 is 0 Å². The molecule has 3 aliphatic carbocycles. The third-order valence-electron chi connectivity index (χ3n) is 10.6. The molecule has 37 heavy (non-hydrogen) atoms. The Morgan fingerprint density at radius 1 is 0.730 bits per heavy atom. The highest BCUT2D eigenvalue weighted by Gasteiger charge is 2.33. The van der Waals surface area contributed by atoms with E-state index in [1.807, 2.05) is 0 Å². The van der Waals surface area contributed by atoms with Gasteiger partial charge in [0.25, 0.3) is 0 Å². The predicted octanol–water partition coefficient (Wildman–Crippen LogP) is 4.21.